The maximum absolute atomic E-state index is 12.5. The van der Waals surface area contributed by atoms with Crippen LogP contribution in [0, 0.1) is 6.92 Å². The smallest absolute Gasteiger partial charge is 0.350 e. The molecular formula is C20H14ClN3O3S. The van der Waals surface area contributed by atoms with Crippen LogP contribution in [0.15, 0.2) is 59.0 Å². The molecule has 0 fully saturated rings. The summed E-state index contributed by atoms with van der Waals surface area (Å²) in [5, 5.41) is 9.21. The maximum atomic E-state index is 12.5. The third-order valence-electron chi connectivity index (χ3n) is 3.87. The Hall–Kier alpha value is -3.03. The van der Waals surface area contributed by atoms with Gasteiger partial charge in [-0.05, 0) is 31.2 Å². The van der Waals surface area contributed by atoms with Crippen LogP contribution in [-0.2, 0) is 11.3 Å². The van der Waals surface area contributed by atoms with Crippen molar-refractivity contribution in [3.05, 3.63) is 76.1 Å². The van der Waals surface area contributed by atoms with E-state index in [1.165, 1.54) is 11.3 Å². The number of hydrogen-bond acceptors (Lipinski definition) is 7. The highest BCUT2D eigenvalue weighted by atomic mass is 35.5. The molecule has 2 aromatic carbocycles. The van der Waals surface area contributed by atoms with Crippen molar-refractivity contribution in [1.29, 1.82) is 0 Å². The Kier molecular flexibility index (Phi) is 5.18. The van der Waals surface area contributed by atoms with Crippen molar-refractivity contribution >= 4 is 28.9 Å². The Morgan fingerprint density at radius 3 is 2.68 bits per heavy atom. The van der Waals surface area contributed by atoms with E-state index < -0.39 is 5.97 Å². The number of aryl methyl sites for hydroxylation is 1. The molecule has 140 valence electrons. The number of hydrogen-bond donors (Lipinski definition) is 0. The Labute approximate surface area is 169 Å². The molecule has 0 bridgehead atoms. The number of rotatable bonds is 5. The van der Waals surface area contributed by atoms with E-state index in [-0.39, 0.29) is 12.5 Å². The predicted molar refractivity (Wildman–Crippen MR) is 106 cm³/mol. The summed E-state index contributed by atoms with van der Waals surface area (Å²) in [7, 11) is 0. The zero-order chi connectivity index (χ0) is 19.5. The molecule has 0 unspecified atom stereocenters. The van der Waals surface area contributed by atoms with Crippen molar-refractivity contribution in [2.75, 3.05) is 0 Å². The molecule has 0 radical (unpaired) electrons. The van der Waals surface area contributed by atoms with Crippen LogP contribution in [0.25, 0.3) is 22.0 Å². The van der Waals surface area contributed by atoms with Crippen molar-refractivity contribution in [2.24, 2.45) is 0 Å². The van der Waals surface area contributed by atoms with Crippen molar-refractivity contribution in [3.63, 3.8) is 0 Å². The van der Waals surface area contributed by atoms with Crippen LogP contribution in [0.3, 0.4) is 0 Å². The fraction of sp³-hybridized carbons (Fsp3) is 0.100. The van der Waals surface area contributed by atoms with E-state index in [4.69, 9.17) is 20.8 Å². The molecular weight excluding hydrogens is 398 g/mol. The lowest BCUT2D eigenvalue weighted by Gasteiger charge is -2.00. The molecule has 0 amide bonds. The molecule has 0 atom stereocenters. The van der Waals surface area contributed by atoms with Gasteiger partial charge in [0.25, 0.3) is 5.89 Å². The van der Waals surface area contributed by atoms with Gasteiger partial charge >= 0.3 is 5.97 Å². The van der Waals surface area contributed by atoms with Gasteiger partial charge in [-0.1, -0.05) is 41.9 Å². The van der Waals surface area contributed by atoms with Crippen LogP contribution >= 0.6 is 22.9 Å². The highest BCUT2D eigenvalue weighted by Gasteiger charge is 2.19. The second-order valence-corrected chi connectivity index (χ2v) is 7.32. The van der Waals surface area contributed by atoms with E-state index >= 15 is 0 Å². The van der Waals surface area contributed by atoms with Gasteiger partial charge in [0, 0.05) is 16.1 Å². The van der Waals surface area contributed by atoms with Gasteiger partial charge in [0.1, 0.15) is 9.88 Å². The van der Waals surface area contributed by atoms with E-state index in [9.17, 15) is 4.79 Å². The van der Waals surface area contributed by atoms with E-state index in [1.807, 2.05) is 42.5 Å². The molecule has 2 aromatic heterocycles. The van der Waals surface area contributed by atoms with Crippen LogP contribution in [0.4, 0.5) is 0 Å². The number of halogens is 1. The fourth-order valence-electron chi connectivity index (χ4n) is 2.53. The van der Waals surface area contributed by atoms with Crippen molar-refractivity contribution in [2.45, 2.75) is 13.5 Å². The molecule has 0 saturated carbocycles. The minimum Gasteiger partial charge on any atom is -0.451 e. The standard InChI is InChI=1S/C20H14ClN3O3S/c1-12-17(28-19(22-12)14-8-5-9-15(21)10-14)20(25)26-11-16-23-24-18(27-16)13-6-3-2-4-7-13/h2-10H,11H2,1H3. The maximum Gasteiger partial charge on any atom is 0.350 e. The van der Waals surface area contributed by atoms with Crippen LogP contribution in [0.2, 0.25) is 5.02 Å². The van der Waals surface area contributed by atoms with E-state index in [2.05, 4.69) is 15.2 Å². The second kappa shape index (κ2) is 7.92. The summed E-state index contributed by atoms with van der Waals surface area (Å²) in [6, 6.07) is 16.7. The normalized spacial score (nSPS) is 10.8. The number of ether oxygens (including phenoxy) is 1. The summed E-state index contributed by atoms with van der Waals surface area (Å²) in [4.78, 5) is 17.3. The lowest BCUT2D eigenvalue weighted by atomic mass is 10.2. The molecule has 8 heteroatoms. The first-order valence-electron chi connectivity index (χ1n) is 8.38. The molecule has 0 spiro atoms. The van der Waals surface area contributed by atoms with E-state index in [1.54, 1.807) is 19.1 Å². The van der Waals surface area contributed by atoms with E-state index in [0.717, 1.165) is 11.1 Å². The highest BCUT2D eigenvalue weighted by Crippen LogP contribution is 2.30. The molecule has 2 heterocycles. The van der Waals surface area contributed by atoms with Crippen molar-refractivity contribution < 1.29 is 13.9 Å². The van der Waals surface area contributed by atoms with Crippen molar-refractivity contribution in [3.8, 4) is 22.0 Å². The van der Waals surface area contributed by atoms with Gasteiger partial charge in [0.2, 0.25) is 5.89 Å². The van der Waals surface area contributed by atoms with E-state index in [0.29, 0.717) is 26.5 Å². The third kappa shape index (κ3) is 3.95. The predicted octanol–water partition coefficient (Wildman–Crippen LogP) is 5.18. The molecule has 0 N–H and O–H groups in total. The number of aromatic nitrogens is 3. The summed E-state index contributed by atoms with van der Waals surface area (Å²) in [5.41, 5.74) is 2.25. The van der Waals surface area contributed by atoms with Gasteiger partial charge in [0.05, 0.1) is 5.69 Å². The topological polar surface area (TPSA) is 78.1 Å². The number of carbonyl (C=O) groups excluding carboxylic acids is 1. The summed E-state index contributed by atoms with van der Waals surface area (Å²) in [5.74, 6) is 0.121. The molecule has 4 aromatic rings. The van der Waals surface area contributed by atoms with Gasteiger partial charge < -0.3 is 9.15 Å². The summed E-state index contributed by atoms with van der Waals surface area (Å²) in [6.45, 7) is 1.66. The molecule has 0 aliphatic rings. The largest absolute Gasteiger partial charge is 0.451 e. The Morgan fingerprint density at radius 1 is 1.11 bits per heavy atom. The van der Waals surface area contributed by atoms with Crippen LogP contribution < -0.4 is 0 Å². The zero-order valence-electron chi connectivity index (χ0n) is 14.8. The summed E-state index contributed by atoms with van der Waals surface area (Å²) < 4.78 is 10.9. The molecule has 0 saturated heterocycles. The molecule has 6 nitrogen and oxygen atoms in total. The van der Waals surface area contributed by atoms with Gasteiger partial charge in [-0.15, -0.1) is 21.5 Å². The summed E-state index contributed by atoms with van der Waals surface area (Å²) in [6.07, 6.45) is 0. The Bertz CT molecular complexity index is 1120. The fourth-order valence-corrected chi connectivity index (χ4v) is 3.68. The number of thiazole rings is 1. The average molecular weight is 412 g/mol. The SMILES string of the molecule is Cc1nc(-c2cccc(Cl)c2)sc1C(=O)OCc1nnc(-c2ccccc2)o1. The lowest BCUT2D eigenvalue weighted by Crippen LogP contribution is -2.05. The van der Waals surface area contributed by atoms with Gasteiger partial charge in [-0.2, -0.15) is 0 Å². The van der Waals surface area contributed by atoms with Crippen LogP contribution in [0.5, 0.6) is 0 Å². The van der Waals surface area contributed by atoms with Crippen LogP contribution in [-0.4, -0.2) is 21.2 Å². The molecule has 0 aliphatic carbocycles. The monoisotopic (exact) mass is 411 g/mol. The van der Waals surface area contributed by atoms with Crippen LogP contribution in [0.1, 0.15) is 21.3 Å². The van der Waals surface area contributed by atoms with Crippen molar-refractivity contribution in [1.82, 2.24) is 15.2 Å². The molecule has 4 rings (SSSR count). The minimum absolute atomic E-state index is 0.109. The minimum atomic E-state index is -0.484. The number of nitrogens with zero attached hydrogens (tertiary/aromatic N) is 3. The Morgan fingerprint density at radius 2 is 1.89 bits per heavy atom. The van der Waals surface area contributed by atoms with Gasteiger partial charge in [-0.25, -0.2) is 9.78 Å². The molecule has 28 heavy (non-hydrogen) atoms. The highest BCUT2D eigenvalue weighted by molar-refractivity contribution is 7.17. The summed E-state index contributed by atoms with van der Waals surface area (Å²) >= 11 is 7.29. The second-order valence-electron chi connectivity index (χ2n) is 5.89. The number of carbonyl (C=O) groups is 1. The molecule has 0 aliphatic heterocycles. The van der Waals surface area contributed by atoms with Gasteiger partial charge in [0.15, 0.2) is 6.61 Å². The quantitative estimate of drug-likeness (QED) is 0.421. The number of benzene rings is 2. The first kappa shape index (κ1) is 18.3. The Balaban J connectivity index is 1.45. The zero-order valence-corrected chi connectivity index (χ0v) is 16.3. The lowest BCUT2D eigenvalue weighted by molar-refractivity contribution is 0.0443. The first-order chi connectivity index (χ1) is 13.6. The number of esters is 1. The van der Waals surface area contributed by atoms with Gasteiger partial charge in [-0.3, -0.25) is 0 Å². The first-order valence-corrected chi connectivity index (χ1v) is 9.58. The average Bonchev–Trinajstić information content (AvgIpc) is 3.34. The third-order valence-corrected chi connectivity index (χ3v) is 5.29.